The van der Waals surface area contributed by atoms with Gasteiger partial charge in [0.15, 0.2) is 12.4 Å². The van der Waals surface area contributed by atoms with E-state index in [1.165, 1.54) is 0 Å². The molecule has 0 unspecified atom stereocenters. The van der Waals surface area contributed by atoms with Crippen molar-refractivity contribution in [3.8, 4) is 11.5 Å². The van der Waals surface area contributed by atoms with Crippen LogP contribution in [0.1, 0.15) is 56.3 Å². The summed E-state index contributed by atoms with van der Waals surface area (Å²) in [6.07, 6.45) is 2.48. The highest BCUT2D eigenvalue weighted by Crippen LogP contribution is 2.40. The zero-order valence-corrected chi connectivity index (χ0v) is 20.3. The Morgan fingerprint density at radius 2 is 1.83 bits per heavy atom. The van der Waals surface area contributed by atoms with Crippen molar-refractivity contribution in [1.82, 2.24) is 15.1 Å². The fourth-order valence-electron chi connectivity index (χ4n) is 4.91. The first-order valence-electron chi connectivity index (χ1n) is 12.2. The lowest BCUT2D eigenvalue weighted by Gasteiger charge is -2.43. The molecule has 10 nitrogen and oxygen atoms in total. The van der Waals surface area contributed by atoms with Crippen LogP contribution >= 0.6 is 0 Å². The predicted molar refractivity (Wildman–Crippen MR) is 125 cm³/mol. The van der Waals surface area contributed by atoms with Gasteiger partial charge < -0.3 is 29.3 Å². The molecule has 10 heteroatoms. The lowest BCUT2D eigenvalue weighted by atomic mass is 9.82. The number of rotatable bonds is 5. The van der Waals surface area contributed by atoms with Gasteiger partial charge in [0.25, 0.3) is 5.91 Å². The molecule has 3 aliphatic heterocycles. The summed E-state index contributed by atoms with van der Waals surface area (Å²) in [5.74, 6) is 0.702. The van der Waals surface area contributed by atoms with E-state index in [4.69, 9.17) is 14.2 Å². The molecule has 35 heavy (non-hydrogen) atoms. The summed E-state index contributed by atoms with van der Waals surface area (Å²) < 4.78 is 17.0. The number of amides is 3. The number of ketones is 1. The van der Waals surface area contributed by atoms with Crippen molar-refractivity contribution in [2.45, 2.75) is 57.6 Å². The molecule has 2 saturated heterocycles. The fraction of sp³-hybridized carbons (Fsp3) is 0.600. The minimum absolute atomic E-state index is 0.0148. The van der Waals surface area contributed by atoms with Crippen molar-refractivity contribution in [2.75, 3.05) is 39.4 Å². The summed E-state index contributed by atoms with van der Waals surface area (Å²) in [7, 11) is 0. The van der Waals surface area contributed by atoms with E-state index < -0.39 is 5.60 Å². The lowest BCUT2D eigenvalue weighted by Crippen LogP contribution is -2.51. The number of carbonyl (C=O) groups is 4. The second-order valence-electron chi connectivity index (χ2n) is 9.37. The van der Waals surface area contributed by atoms with Gasteiger partial charge in [-0.05, 0) is 31.9 Å². The molecule has 0 aromatic heterocycles. The molecule has 1 aromatic rings. The monoisotopic (exact) mass is 487 g/mol. The van der Waals surface area contributed by atoms with Crippen molar-refractivity contribution in [3.05, 3.63) is 23.8 Å². The topological polar surface area (TPSA) is 114 Å². The van der Waals surface area contributed by atoms with Crippen LogP contribution in [0.5, 0.6) is 11.5 Å². The summed E-state index contributed by atoms with van der Waals surface area (Å²) in [4.78, 5) is 52.0. The average Bonchev–Trinajstić information content (AvgIpc) is 2.83. The maximum Gasteiger partial charge on any atom is 0.409 e. The Morgan fingerprint density at radius 1 is 1.11 bits per heavy atom. The number of likely N-dealkylation sites (tertiary alicyclic amines) is 2. The van der Waals surface area contributed by atoms with Crippen molar-refractivity contribution in [3.63, 3.8) is 0 Å². The molecule has 1 spiro atoms. The van der Waals surface area contributed by atoms with Crippen LogP contribution in [0, 0.1) is 0 Å². The van der Waals surface area contributed by atoms with Crippen LogP contribution in [-0.4, -0.2) is 84.5 Å². The van der Waals surface area contributed by atoms with Crippen LogP contribution < -0.4 is 14.8 Å². The van der Waals surface area contributed by atoms with E-state index in [1.807, 2.05) is 0 Å². The maximum atomic E-state index is 12.8. The number of benzene rings is 1. The molecular formula is C25H33N3O7. The number of ether oxygens (including phenoxy) is 3. The molecule has 0 saturated carbocycles. The van der Waals surface area contributed by atoms with E-state index in [9.17, 15) is 19.2 Å². The van der Waals surface area contributed by atoms with E-state index in [1.54, 1.807) is 41.8 Å². The predicted octanol–water partition coefficient (Wildman–Crippen LogP) is 2.15. The van der Waals surface area contributed by atoms with Gasteiger partial charge in [0, 0.05) is 58.1 Å². The minimum atomic E-state index is -0.607. The van der Waals surface area contributed by atoms with Gasteiger partial charge in [-0.15, -0.1) is 0 Å². The molecular weight excluding hydrogens is 454 g/mol. The van der Waals surface area contributed by atoms with Gasteiger partial charge in [-0.1, -0.05) is 0 Å². The molecule has 4 rings (SSSR count). The number of hydrogen-bond donors (Lipinski definition) is 1. The zero-order chi connectivity index (χ0) is 25.0. The van der Waals surface area contributed by atoms with Crippen LogP contribution in [0.25, 0.3) is 0 Å². The van der Waals surface area contributed by atoms with Gasteiger partial charge in [0.1, 0.15) is 17.1 Å². The van der Waals surface area contributed by atoms with E-state index in [0.717, 1.165) is 0 Å². The van der Waals surface area contributed by atoms with Gasteiger partial charge in [0.05, 0.1) is 18.6 Å². The van der Waals surface area contributed by atoms with Gasteiger partial charge >= 0.3 is 6.09 Å². The van der Waals surface area contributed by atoms with Crippen LogP contribution in [0.3, 0.4) is 0 Å². The number of Topliss-reactive ketones (excluding diaryl/α,β-unsaturated/α-hetero) is 1. The first-order chi connectivity index (χ1) is 16.8. The Labute approximate surface area is 204 Å². The number of piperidine rings is 2. The van der Waals surface area contributed by atoms with Crippen molar-refractivity contribution < 1.29 is 33.4 Å². The third-order valence-electron chi connectivity index (χ3n) is 6.94. The second kappa shape index (κ2) is 10.5. The molecule has 0 radical (unpaired) electrons. The Kier molecular flexibility index (Phi) is 7.47. The van der Waals surface area contributed by atoms with E-state index in [2.05, 4.69) is 5.32 Å². The van der Waals surface area contributed by atoms with Gasteiger partial charge in [-0.3, -0.25) is 14.4 Å². The molecule has 3 amide bonds. The molecule has 190 valence electrons. The molecule has 3 heterocycles. The number of carbonyl (C=O) groups excluding carboxylic acids is 4. The molecule has 0 aliphatic carbocycles. The summed E-state index contributed by atoms with van der Waals surface area (Å²) in [5.41, 5.74) is -0.0976. The smallest absolute Gasteiger partial charge is 0.409 e. The van der Waals surface area contributed by atoms with Crippen LogP contribution in [0.2, 0.25) is 0 Å². The first-order valence-corrected chi connectivity index (χ1v) is 12.2. The molecule has 0 bridgehead atoms. The number of nitrogens with zero attached hydrogens (tertiary/aromatic N) is 2. The SMILES string of the molecule is CCOC(=O)N1CCC(NC(=O)COc2ccc3c(c2)OC2(CCN(C(C)=O)CC2)CC3=O)CC1. The second-order valence-corrected chi connectivity index (χ2v) is 9.37. The van der Waals surface area contributed by atoms with Crippen LogP contribution in [0.15, 0.2) is 18.2 Å². The lowest BCUT2D eigenvalue weighted by molar-refractivity contribution is -0.132. The van der Waals surface area contributed by atoms with Crippen molar-refractivity contribution >= 4 is 23.7 Å². The Bertz CT molecular complexity index is 979. The average molecular weight is 488 g/mol. The Balaban J connectivity index is 1.28. The van der Waals surface area contributed by atoms with E-state index in [0.29, 0.717) is 82.0 Å². The van der Waals surface area contributed by atoms with Crippen LogP contribution in [0.4, 0.5) is 4.79 Å². The normalized spacial score (nSPS) is 19.5. The van der Waals surface area contributed by atoms with Crippen molar-refractivity contribution in [2.24, 2.45) is 0 Å². The Hall–Kier alpha value is -3.30. The van der Waals surface area contributed by atoms with Gasteiger partial charge in [-0.2, -0.15) is 0 Å². The molecule has 3 aliphatic rings. The van der Waals surface area contributed by atoms with E-state index >= 15 is 0 Å². The largest absolute Gasteiger partial charge is 0.486 e. The number of hydrogen-bond acceptors (Lipinski definition) is 7. The summed E-state index contributed by atoms with van der Waals surface area (Å²) in [6.45, 7) is 5.69. The highest BCUT2D eigenvalue weighted by Gasteiger charge is 2.43. The standard InChI is InChI=1S/C25H33N3O7/c1-3-33-24(32)28-10-6-18(7-11-28)26-23(31)16-34-19-4-5-20-21(30)15-25(35-22(20)14-19)8-12-27(13-9-25)17(2)29/h4-5,14,18H,3,6-13,15-16H2,1-2H3,(H,26,31). The highest BCUT2D eigenvalue weighted by atomic mass is 16.6. The minimum Gasteiger partial charge on any atom is -0.486 e. The van der Waals surface area contributed by atoms with Crippen LogP contribution in [-0.2, 0) is 14.3 Å². The van der Waals surface area contributed by atoms with Gasteiger partial charge in [0.2, 0.25) is 5.91 Å². The number of nitrogens with one attached hydrogen (secondary N) is 1. The van der Waals surface area contributed by atoms with Gasteiger partial charge in [-0.25, -0.2) is 4.79 Å². The summed E-state index contributed by atoms with van der Waals surface area (Å²) >= 11 is 0. The maximum absolute atomic E-state index is 12.8. The third-order valence-corrected chi connectivity index (χ3v) is 6.94. The molecule has 1 aromatic carbocycles. The van der Waals surface area contributed by atoms with E-state index in [-0.39, 0.29) is 36.3 Å². The number of fused-ring (bicyclic) bond motifs is 1. The third kappa shape index (κ3) is 5.86. The Morgan fingerprint density at radius 3 is 2.49 bits per heavy atom. The quantitative estimate of drug-likeness (QED) is 0.677. The summed E-state index contributed by atoms with van der Waals surface area (Å²) in [6, 6.07) is 4.98. The molecule has 0 atom stereocenters. The molecule has 1 N–H and O–H groups in total. The molecule has 2 fully saturated rings. The first kappa shape index (κ1) is 24.8. The fourth-order valence-corrected chi connectivity index (χ4v) is 4.91. The summed E-state index contributed by atoms with van der Waals surface area (Å²) in [5, 5.41) is 2.95. The highest BCUT2D eigenvalue weighted by molar-refractivity contribution is 6.00. The zero-order valence-electron chi connectivity index (χ0n) is 20.3. The van der Waals surface area contributed by atoms with Crippen molar-refractivity contribution in [1.29, 1.82) is 0 Å².